The first kappa shape index (κ1) is 50.3. The fourth-order valence-corrected chi connectivity index (χ4v) is 9.33. The van der Waals surface area contributed by atoms with E-state index in [1.807, 2.05) is 46.7 Å². The quantitative estimate of drug-likeness (QED) is 0.112. The summed E-state index contributed by atoms with van der Waals surface area (Å²) in [5.74, 6) is -2.66. The van der Waals surface area contributed by atoms with Crippen molar-refractivity contribution in [3.05, 3.63) is 0 Å². The van der Waals surface area contributed by atoms with E-state index in [1.54, 1.807) is 41.7 Å². The van der Waals surface area contributed by atoms with Crippen LogP contribution in [0.2, 0.25) is 0 Å². The number of nitrogens with zero attached hydrogens (tertiary/aromatic N) is 1. The van der Waals surface area contributed by atoms with Gasteiger partial charge < -0.3 is 69.5 Å². The summed E-state index contributed by atoms with van der Waals surface area (Å²) in [5.41, 5.74) is -5.96. The molecule has 0 bridgehead atoms. The van der Waals surface area contributed by atoms with Crippen LogP contribution in [0.25, 0.3) is 0 Å². The standard InChI is InChI=1S/C42H81N3O12/c1-15-17-18-43-23-42(51)29(8)54-32(21-40(42,10)52-14)56-34-26(5)36(57-38-33(46)30(45(12)13)19-25(4)53-38)39(9,49)20-24(3)22-44-28(7)35(47)41(11,50)31(16-2)55-37(48)27(34)6/h24-36,38,43-44,46-47,49-51H,15-23H2,1-14H3/t24-,25-,26+,27-,28+,29+,30+,31+,32+,33-,34+,35-,36-,38+,39+,40-,41-,42-/m1/s1. The van der Waals surface area contributed by atoms with Crippen molar-refractivity contribution >= 4 is 5.97 Å². The Morgan fingerprint density at radius 2 is 1.61 bits per heavy atom. The van der Waals surface area contributed by atoms with Crippen molar-refractivity contribution in [3.8, 4) is 0 Å². The van der Waals surface area contributed by atoms with Crippen LogP contribution >= 0.6 is 0 Å². The molecule has 0 unspecified atom stereocenters. The lowest BCUT2D eigenvalue weighted by Crippen LogP contribution is -2.70. The first-order valence-electron chi connectivity index (χ1n) is 21.4. The highest BCUT2D eigenvalue weighted by molar-refractivity contribution is 5.73. The van der Waals surface area contributed by atoms with Crippen LogP contribution in [-0.4, -0.2) is 167 Å². The number of aliphatic hydroxyl groups excluding tert-OH is 2. The maximum absolute atomic E-state index is 14.3. The second-order valence-electron chi connectivity index (χ2n) is 18.5. The molecule has 3 saturated heterocycles. The van der Waals surface area contributed by atoms with Gasteiger partial charge >= 0.3 is 5.97 Å². The Morgan fingerprint density at radius 1 is 0.965 bits per heavy atom. The van der Waals surface area contributed by atoms with Crippen molar-refractivity contribution < 1.29 is 58.7 Å². The zero-order valence-corrected chi connectivity index (χ0v) is 37.5. The molecule has 3 aliphatic rings. The van der Waals surface area contributed by atoms with E-state index in [1.165, 1.54) is 6.92 Å². The van der Waals surface area contributed by atoms with E-state index < -0.39 is 95.5 Å². The second-order valence-corrected chi connectivity index (χ2v) is 18.5. The van der Waals surface area contributed by atoms with Crippen molar-refractivity contribution in [3.63, 3.8) is 0 Å². The minimum Gasteiger partial charge on any atom is -0.459 e. The lowest BCUT2D eigenvalue weighted by Gasteiger charge is -2.53. The molecule has 0 saturated carbocycles. The molecule has 3 rings (SSSR count). The van der Waals surface area contributed by atoms with Crippen molar-refractivity contribution in [1.29, 1.82) is 0 Å². The molecule has 0 aliphatic carbocycles. The van der Waals surface area contributed by atoms with Gasteiger partial charge in [0.15, 0.2) is 12.6 Å². The summed E-state index contributed by atoms with van der Waals surface area (Å²) in [6.07, 6.45) is -5.64. The van der Waals surface area contributed by atoms with Gasteiger partial charge in [0.05, 0.1) is 35.9 Å². The third-order valence-electron chi connectivity index (χ3n) is 13.3. The Kier molecular flexibility index (Phi) is 18.2. The molecule has 0 spiro atoms. The van der Waals surface area contributed by atoms with Crippen LogP contribution in [0.4, 0.5) is 0 Å². The van der Waals surface area contributed by atoms with Gasteiger partial charge in [0.1, 0.15) is 35.1 Å². The summed E-state index contributed by atoms with van der Waals surface area (Å²) >= 11 is 0. The smallest absolute Gasteiger partial charge is 0.311 e. The number of aliphatic hydroxyl groups is 5. The van der Waals surface area contributed by atoms with E-state index in [-0.39, 0.29) is 43.9 Å². The molecule has 0 aromatic carbocycles. The summed E-state index contributed by atoms with van der Waals surface area (Å²) in [5, 5.41) is 66.0. The lowest BCUT2D eigenvalue weighted by molar-refractivity contribution is -0.336. The van der Waals surface area contributed by atoms with E-state index in [9.17, 15) is 30.3 Å². The Balaban J connectivity index is 2.15. The average molecular weight is 820 g/mol. The van der Waals surface area contributed by atoms with Gasteiger partial charge in [-0.25, -0.2) is 0 Å². The van der Waals surface area contributed by atoms with Crippen LogP contribution in [0.5, 0.6) is 0 Å². The number of hydrogen-bond acceptors (Lipinski definition) is 15. The maximum atomic E-state index is 14.3. The fourth-order valence-electron chi connectivity index (χ4n) is 9.33. The zero-order chi connectivity index (χ0) is 43.3. The van der Waals surface area contributed by atoms with E-state index in [0.717, 1.165) is 19.4 Å². The van der Waals surface area contributed by atoms with E-state index in [2.05, 4.69) is 17.6 Å². The topological polar surface area (TPSA) is 201 Å². The monoisotopic (exact) mass is 820 g/mol. The van der Waals surface area contributed by atoms with Gasteiger partial charge in [-0.05, 0) is 107 Å². The third-order valence-corrected chi connectivity index (χ3v) is 13.3. The first-order chi connectivity index (χ1) is 26.4. The van der Waals surface area contributed by atoms with Crippen LogP contribution in [0.1, 0.15) is 115 Å². The number of carbonyl (C=O) groups excluding carboxylic acids is 1. The predicted molar refractivity (Wildman–Crippen MR) is 216 cm³/mol. The molecule has 0 amide bonds. The molecule has 336 valence electrons. The number of ether oxygens (including phenoxy) is 6. The molecule has 0 aromatic rings. The molecule has 3 fully saturated rings. The summed E-state index contributed by atoms with van der Waals surface area (Å²) < 4.78 is 38.4. The van der Waals surface area contributed by atoms with Crippen LogP contribution < -0.4 is 10.6 Å². The number of cyclic esters (lactones) is 1. The fraction of sp³-hybridized carbons (Fsp3) is 0.976. The van der Waals surface area contributed by atoms with E-state index in [0.29, 0.717) is 13.0 Å². The summed E-state index contributed by atoms with van der Waals surface area (Å²) in [4.78, 5) is 16.3. The maximum Gasteiger partial charge on any atom is 0.311 e. The van der Waals surface area contributed by atoms with Gasteiger partial charge in [0.25, 0.3) is 0 Å². The molecule has 18 atom stereocenters. The van der Waals surface area contributed by atoms with Crippen LogP contribution in [0.3, 0.4) is 0 Å². The van der Waals surface area contributed by atoms with E-state index >= 15 is 0 Å². The minimum absolute atomic E-state index is 0.0955. The lowest BCUT2D eigenvalue weighted by atomic mass is 9.75. The first-order valence-corrected chi connectivity index (χ1v) is 21.4. The highest BCUT2D eigenvalue weighted by Crippen LogP contribution is 2.43. The second kappa shape index (κ2) is 20.7. The van der Waals surface area contributed by atoms with Gasteiger partial charge in [-0.1, -0.05) is 34.1 Å². The number of unbranched alkanes of at least 4 members (excludes halogenated alkanes) is 1. The highest BCUT2D eigenvalue weighted by Gasteiger charge is 2.58. The summed E-state index contributed by atoms with van der Waals surface area (Å²) in [7, 11) is 5.31. The Bertz CT molecular complexity index is 1240. The molecule has 0 aromatic heterocycles. The number of likely N-dealkylation sites (N-methyl/N-ethyl adjacent to an activating group) is 1. The van der Waals surface area contributed by atoms with Gasteiger partial charge in [-0.2, -0.15) is 0 Å². The number of esters is 1. The van der Waals surface area contributed by atoms with Crippen molar-refractivity contribution in [2.75, 3.05) is 40.8 Å². The Labute approximate surface area is 342 Å². The molecule has 15 nitrogen and oxygen atoms in total. The van der Waals surface area contributed by atoms with Gasteiger partial charge in [-0.3, -0.25) is 4.79 Å². The third kappa shape index (κ3) is 11.7. The van der Waals surface area contributed by atoms with Gasteiger partial charge in [0, 0.05) is 38.1 Å². The van der Waals surface area contributed by atoms with E-state index in [4.69, 9.17) is 28.4 Å². The largest absolute Gasteiger partial charge is 0.459 e. The Hall–Kier alpha value is -1.05. The average Bonchev–Trinajstić information content (AvgIpc) is 3.14. The highest BCUT2D eigenvalue weighted by atomic mass is 16.7. The molecule has 3 aliphatic heterocycles. The number of hydrogen-bond donors (Lipinski definition) is 7. The molecular weight excluding hydrogens is 738 g/mol. The number of methoxy groups -OCH3 is 1. The molecular formula is C42H81N3O12. The van der Waals surface area contributed by atoms with Gasteiger partial charge in [-0.15, -0.1) is 0 Å². The minimum atomic E-state index is -1.81. The summed E-state index contributed by atoms with van der Waals surface area (Å²) in [6.45, 7) is 21.0. The number of carbonyl (C=O) groups is 1. The van der Waals surface area contributed by atoms with Crippen LogP contribution in [0.15, 0.2) is 0 Å². The van der Waals surface area contributed by atoms with Gasteiger partial charge in [0.2, 0.25) is 0 Å². The molecule has 15 heteroatoms. The van der Waals surface area contributed by atoms with Crippen molar-refractivity contribution in [2.45, 2.75) is 204 Å². The van der Waals surface area contributed by atoms with Crippen molar-refractivity contribution in [1.82, 2.24) is 15.5 Å². The normalized spacial score (nSPS) is 47.3. The number of rotatable bonds is 12. The van der Waals surface area contributed by atoms with Crippen LogP contribution in [0, 0.1) is 17.8 Å². The SMILES string of the molecule is CCCCNC[C@@]1(O)[C@H](C)O[C@@H](O[C@H]2[C@H](C)[C@@H](O[C@@H]3O[C@H](C)C[C@H](N(C)C)[C@H]3O)[C@@](C)(O)C[C@@H](C)CN[C@@H](C)[C@@H](O)[C@](C)(O)[C@H](CC)OC(=O)[C@@H]2C)C[C@@]1(C)OC. The molecule has 0 radical (unpaired) electrons. The summed E-state index contributed by atoms with van der Waals surface area (Å²) in [6, 6.07) is -0.878. The molecule has 57 heavy (non-hydrogen) atoms. The van der Waals surface area contributed by atoms with Crippen molar-refractivity contribution in [2.24, 2.45) is 17.8 Å². The predicted octanol–water partition coefficient (Wildman–Crippen LogP) is 2.32. The number of nitrogens with one attached hydrogen (secondary N) is 2. The van der Waals surface area contributed by atoms with Crippen LogP contribution in [-0.2, 0) is 33.2 Å². The molecule has 3 heterocycles. The molecule has 7 N–H and O–H groups in total. The zero-order valence-electron chi connectivity index (χ0n) is 37.5. The Morgan fingerprint density at radius 3 is 2.19 bits per heavy atom.